The zero-order valence-corrected chi connectivity index (χ0v) is 9.67. The van der Waals surface area contributed by atoms with Gasteiger partial charge in [0, 0.05) is 12.1 Å². The first-order valence-electron chi connectivity index (χ1n) is 5.48. The van der Waals surface area contributed by atoms with Crippen molar-refractivity contribution in [1.29, 1.82) is 0 Å². The summed E-state index contributed by atoms with van der Waals surface area (Å²) in [6.45, 7) is 8.75. The lowest BCUT2D eigenvalue weighted by atomic mass is 10.0. The minimum absolute atomic E-state index is 0.445. The molecule has 0 radical (unpaired) electrons. The van der Waals surface area contributed by atoms with Crippen LogP contribution in [0.25, 0.3) is 0 Å². The molecular formula is C13H21N. The van der Waals surface area contributed by atoms with Gasteiger partial charge in [-0.2, -0.15) is 0 Å². The Morgan fingerprint density at radius 1 is 1.07 bits per heavy atom. The first-order chi connectivity index (χ1) is 6.63. The Kier molecular flexibility index (Phi) is 4.15. The van der Waals surface area contributed by atoms with Crippen LogP contribution >= 0.6 is 0 Å². The highest BCUT2D eigenvalue weighted by molar-refractivity contribution is 5.24. The molecule has 1 aromatic carbocycles. The topological polar surface area (TPSA) is 12.0 Å². The van der Waals surface area contributed by atoms with Crippen molar-refractivity contribution in [2.45, 2.75) is 46.2 Å². The highest BCUT2D eigenvalue weighted by Gasteiger charge is 2.05. The molecule has 1 unspecified atom stereocenters. The number of rotatable bonds is 4. The van der Waals surface area contributed by atoms with Crippen molar-refractivity contribution in [2.24, 2.45) is 0 Å². The number of hydrogen-bond acceptors (Lipinski definition) is 1. The Balaban J connectivity index is 2.66. The molecule has 0 saturated carbocycles. The van der Waals surface area contributed by atoms with E-state index in [-0.39, 0.29) is 0 Å². The summed E-state index contributed by atoms with van der Waals surface area (Å²) >= 11 is 0. The van der Waals surface area contributed by atoms with Gasteiger partial charge < -0.3 is 5.32 Å². The van der Waals surface area contributed by atoms with Crippen LogP contribution in [0.3, 0.4) is 0 Å². The predicted octanol–water partition coefficient (Wildman–Crippen LogP) is 3.31. The van der Waals surface area contributed by atoms with Crippen LogP contribution in [0.1, 0.15) is 44.9 Å². The maximum Gasteiger partial charge on any atom is 0.0294 e. The minimum Gasteiger partial charge on any atom is -0.308 e. The molecule has 1 rings (SSSR count). The fraction of sp³-hybridized carbons (Fsp3) is 0.538. The van der Waals surface area contributed by atoms with Gasteiger partial charge in [0.05, 0.1) is 0 Å². The summed E-state index contributed by atoms with van der Waals surface area (Å²) in [7, 11) is 0. The Morgan fingerprint density at radius 3 is 2.07 bits per heavy atom. The van der Waals surface area contributed by atoms with Crippen molar-refractivity contribution in [3.05, 3.63) is 35.4 Å². The van der Waals surface area contributed by atoms with E-state index in [0.29, 0.717) is 12.1 Å². The zero-order valence-electron chi connectivity index (χ0n) is 9.67. The van der Waals surface area contributed by atoms with Crippen molar-refractivity contribution < 1.29 is 0 Å². The fourth-order valence-corrected chi connectivity index (χ4v) is 1.64. The van der Waals surface area contributed by atoms with Gasteiger partial charge in [-0.15, -0.1) is 0 Å². The smallest absolute Gasteiger partial charge is 0.0294 e. The van der Waals surface area contributed by atoms with Crippen molar-refractivity contribution in [2.75, 3.05) is 0 Å². The van der Waals surface area contributed by atoms with E-state index in [1.54, 1.807) is 0 Å². The highest BCUT2D eigenvalue weighted by atomic mass is 14.9. The van der Waals surface area contributed by atoms with E-state index in [4.69, 9.17) is 0 Å². The van der Waals surface area contributed by atoms with Crippen LogP contribution in [0, 0.1) is 0 Å². The molecule has 0 aliphatic carbocycles. The molecule has 1 nitrogen and oxygen atoms in total. The molecule has 0 aliphatic heterocycles. The summed E-state index contributed by atoms with van der Waals surface area (Å²) in [5.41, 5.74) is 2.78. The summed E-state index contributed by atoms with van der Waals surface area (Å²) < 4.78 is 0. The van der Waals surface area contributed by atoms with E-state index in [1.165, 1.54) is 11.1 Å². The second-order valence-corrected chi connectivity index (χ2v) is 4.14. The van der Waals surface area contributed by atoms with Crippen LogP contribution in [0.5, 0.6) is 0 Å². The molecule has 78 valence electrons. The molecule has 0 fully saturated rings. The van der Waals surface area contributed by atoms with Gasteiger partial charge in [0.25, 0.3) is 0 Å². The molecule has 0 heterocycles. The lowest BCUT2D eigenvalue weighted by Gasteiger charge is -2.17. The van der Waals surface area contributed by atoms with E-state index in [1.807, 2.05) is 0 Å². The van der Waals surface area contributed by atoms with Gasteiger partial charge >= 0.3 is 0 Å². The molecule has 14 heavy (non-hydrogen) atoms. The monoisotopic (exact) mass is 191 g/mol. The van der Waals surface area contributed by atoms with Crippen molar-refractivity contribution in [3.63, 3.8) is 0 Å². The van der Waals surface area contributed by atoms with E-state index in [9.17, 15) is 0 Å². The van der Waals surface area contributed by atoms with E-state index >= 15 is 0 Å². The molecule has 1 N–H and O–H groups in total. The van der Waals surface area contributed by atoms with Gasteiger partial charge in [0.1, 0.15) is 0 Å². The van der Waals surface area contributed by atoms with Gasteiger partial charge in [-0.1, -0.05) is 45.0 Å². The van der Waals surface area contributed by atoms with Gasteiger partial charge in [0.15, 0.2) is 0 Å². The highest BCUT2D eigenvalue weighted by Crippen LogP contribution is 2.14. The second-order valence-electron chi connectivity index (χ2n) is 4.14. The third-order valence-electron chi connectivity index (χ3n) is 2.47. The minimum atomic E-state index is 0.445. The van der Waals surface area contributed by atoms with Gasteiger partial charge in [0.2, 0.25) is 0 Å². The van der Waals surface area contributed by atoms with Crippen LogP contribution in [0.4, 0.5) is 0 Å². The van der Waals surface area contributed by atoms with Crippen LogP contribution in [0.2, 0.25) is 0 Å². The molecule has 0 spiro atoms. The first kappa shape index (κ1) is 11.3. The predicted molar refractivity (Wildman–Crippen MR) is 62.5 cm³/mol. The Bertz CT molecular complexity index is 261. The zero-order chi connectivity index (χ0) is 10.6. The van der Waals surface area contributed by atoms with Crippen LogP contribution in [0.15, 0.2) is 24.3 Å². The number of aryl methyl sites for hydroxylation is 1. The Hall–Kier alpha value is -0.820. The maximum absolute atomic E-state index is 3.50. The number of benzene rings is 1. The Labute approximate surface area is 87.5 Å². The van der Waals surface area contributed by atoms with Crippen molar-refractivity contribution in [3.8, 4) is 0 Å². The molecule has 0 aromatic heterocycles. The molecular weight excluding hydrogens is 170 g/mol. The first-order valence-corrected chi connectivity index (χ1v) is 5.48. The van der Waals surface area contributed by atoms with Gasteiger partial charge in [-0.05, 0) is 24.5 Å². The summed E-state index contributed by atoms with van der Waals surface area (Å²) in [5.74, 6) is 0. The molecule has 1 heteroatoms. The lowest BCUT2D eigenvalue weighted by Crippen LogP contribution is -2.25. The van der Waals surface area contributed by atoms with Crippen LogP contribution in [-0.2, 0) is 6.42 Å². The molecule has 0 bridgehead atoms. The largest absolute Gasteiger partial charge is 0.308 e. The average Bonchev–Trinajstić information content (AvgIpc) is 2.17. The quantitative estimate of drug-likeness (QED) is 0.770. The molecule has 0 amide bonds. The Morgan fingerprint density at radius 2 is 1.64 bits per heavy atom. The molecule has 0 saturated heterocycles. The van der Waals surface area contributed by atoms with Gasteiger partial charge in [-0.25, -0.2) is 0 Å². The molecule has 1 aromatic rings. The third kappa shape index (κ3) is 3.15. The SMILES string of the molecule is CCc1ccc(C(C)NC(C)C)cc1. The van der Waals surface area contributed by atoms with E-state index in [2.05, 4.69) is 57.3 Å². The maximum atomic E-state index is 3.50. The molecule has 1 atom stereocenters. The molecule has 0 aliphatic rings. The van der Waals surface area contributed by atoms with Crippen LogP contribution < -0.4 is 5.32 Å². The third-order valence-corrected chi connectivity index (χ3v) is 2.47. The summed E-state index contributed by atoms with van der Waals surface area (Å²) in [4.78, 5) is 0. The summed E-state index contributed by atoms with van der Waals surface area (Å²) in [5, 5.41) is 3.50. The summed E-state index contributed by atoms with van der Waals surface area (Å²) in [6.07, 6.45) is 1.12. The van der Waals surface area contributed by atoms with E-state index < -0.39 is 0 Å². The van der Waals surface area contributed by atoms with Crippen molar-refractivity contribution in [1.82, 2.24) is 5.32 Å². The normalized spacial score (nSPS) is 13.2. The standard InChI is InChI=1S/C13H21N/c1-5-12-6-8-13(9-7-12)11(4)14-10(2)3/h6-11,14H,5H2,1-4H3. The van der Waals surface area contributed by atoms with E-state index in [0.717, 1.165) is 6.42 Å². The van der Waals surface area contributed by atoms with Crippen molar-refractivity contribution >= 4 is 0 Å². The lowest BCUT2D eigenvalue weighted by molar-refractivity contribution is 0.506. The number of nitrogens with one attached hydrogen (secondary N) is 1. The average molecular weight is 191 g/mol. The second kappa shape index (κ2) is 5.16. The fourth-order valence-electron chi connectivity index (χ4n) is 1.64. The van der Waals surface area contributed by atoms with Crippen LogP contribution in [-0.4, -0.2) is 6.04 Å². The number of hydrogen-bond donors (Lipinski definition) is 1. The van der Waals surface area contributed by atoms with Gasteiger partial charge in [-0.3, -0.25) is 0 Å². The summed E-state index contributed by atoms with van der Waals surface area (Å²) in [6, 6.07) is 9.86.